The topological polar surface area (TPSA) is 134 Å². The van der Waals surface area contributed by atoms with E-state index in [1.165, 1.54) is 6.20 Å². The molecular weight excluding hydrogens is 574 g/mol. The van der Waals surface area contributed by atoms with E-state index in [9.17, 15) is 19.2 Å². The first kappa shape index (κ1) is 32.0. The molecule has 0 aliphatic heterocycles. The molecule has 43 heavy (non-hydrogen) atoms. The Morgan fingerprint density at radius 2 is 1.74 bits per heavy atom. The molecule has 0 atom stereocenters. The van der Waals surface area contributed by atoms with Crippen molar-refractivity contribution >= 4 is 57.7 Å². The van der Waals surface area contributed by atoms with Crippen LogP contribution >= 0.6 is 11.6 Å². The molecule has 0 bridgehead atoms. The molecule has 4 amide bonds. The van der Waals surface area contributed by atoms with Crippen molar-refractivity contribution in [3.05, 3.63) is 52.9 Å². The van der Waals surface area contributed by atoms with Crippen LogP contribution in [0.1, 0.15) is 48.7 Å². The molecule has 1 aromatic carbocycles. The third kappa shape index (κ3) is 8.11. The standard InChI is InChI=1S/C31H38ClN5O6/c1-5-42-15-14-37(4)26(38)17-19-6-12-24-23(16-19)27(28(43-24)30(40)34-25-13-11-22(32)18-33-25)35-29(39)20-7-9-21(10-8-20)31(41)36(2)3/h6,11-13,16,18,20-21H,5,7-10,14-15,17H2,1-4H3,(H,35,39)(H,33,34,40). The smallest absolute Gasteiger partial charge is 0.294 e. The number of hydrogen-bond acceptors (Lipinski definition) is 7. The molecule has 0 radical (unpaired) electrons. The number of benzene rings is 1. The highest BCUT2D eigenvalue weighted by molar-refractivity contribution is 6.30. The maximum absolute atomic E-state index is 13.5. The third-order valence-corrected chi connectivity index (χ3v) is 7.84. The highest BCUT2D eigenvalue weighted by atomic mass is 35.5. The van der Waals surface area contributed by atoms with Gasteiger partial charge in [-0.1, -0.05) is 17.7 Å². The molecule has 1 saturated carbocycles. The molecule has 2 aromatic heterocycles. The minimum Gasteiger partial charge on any atom is -0.449 e. The molecule has 12 heteroatoms. The monoisotopic (exact) mass is 611 g/mol. The molecular formula is C31H38ClN5O6. The molecule has 1 fully saturated rings. The quantitative estimate of drug-likeness (QED) is 0.303. The van der Waals surface area contributed by atoms with Gasteiger partial charge in [-0.05, 0) is 62.4 Å². The van der Waals surface area contributed by atoms with E-state index >= 15 is 0 Å². The predicted octanol–water partition coefficient (Wildman–Crippen LogP) is 4.60. The Labute approximate surface area is 255 Å². The summed E-state index contributed by atoms with van der Waals surface area (Å²) in [5.74, 6) is -1.14. The number of amides is 4. The lowest BCUT2D eigenvalue weighted by atomic mass is 9.81. The highest BCUT2D eigenvalue weighted by Gasteiger charge is 2.32. The number of nitrogens with zero attached hydrogens (tertiary/aromatic N) is 3. The number of ether oxygens (including phenoxy) is 1. The lowest BCUT2D eigenvalue weighted by Crippen LogP contribution is -2.35. The van der Waals surface area contributed by atoms with Gasteiger partial charge in [-0.15, -0.1) is 0 Å². The normalized spacial score (nSPS) is 16.5. The van der Waals surface area contributed by atoms with Gasteiger partial charge in [0, 0.05) is 57.7 Å². The fourth-order valence-corrected chi connectivity index (χ4v) is 5.25. The van der Waals surface area contributed by atoms with Crippen LogP contribution < -0.4 is 10.6 Å². The fraction of sp³-hybridized carbons (Fsp3) is 0.452. The fourth-order valence-electron chi connectivity index (χ4n) is 5.13. The van der Waals surface area contributed by atoms with E-state index < -0.39 is 5.91 Å². The summed E-state index contributed by atoms with van der Waals surface area (Å²) in [6.45, 7) is 3.39. The van der Waals surface area contributed by atoms with Gasteiger partial charge in [0.25, 0.3) is 5.91 Å². The van der Waals surface area contributed by atoms with E-state index in [2.05, 4.69) is 15.6 Å². The first-order valence-electron chi connectivity index (χ1n) is 14.4. The highest BCUT2D eigenvalue weighted by Crippen LogP contribution is 2.35. The number of halogens is 1. The lowest BCUT2D eigenvalue weighted by Gasteiger charge is -2.28. The van der Waals surface area contributed by atoms with Gasteiger partial charge in [0.1, 0.15) is 17.1 Å². The molecule has 230 valence electrons. The van der Waals surface area contributed by atoms with Crippen LogP contribution in [0.2, 0.25) is 5.02 Å². The van der Waals surface area contributed by atoms with Crippen molar-refractivity contribution in [3.8, 4) is 0 Å². The maximum atomic E-state index is 13.5. The molecule has 2 N–H and O–H groups in total. The number of pyridine rings is 1. The number of nitrogens with one attached hydrogen (secondary N) is 2. The SMILES string of the molecule is CCOCCN(C)C(=O)Cc1ccc2oc(C(=O)Nc3ccc(Cl)cn3)c(NC(=O)C3CCC(C(=O)N(C)C)CC3)c2c1. The van der Waals surface area contributed by atoms with Crippen LogP contribution in [0.5, 0.6) is 0 Å². The maximum Gasteiger partial charge on any atom is 0.294 e. The lowest BCUT2D eigenvalue weighted by molar-refractivity contribution is -0.135. The number of likely N-dealkylation sites (N-methyl/N-ethyl adjacent to an activating group) is 1. The van der Waals surface area contributed by atoms with Gasteiger partial charge in [-0.2, -0.15) is 0 Å². The second-order valence-electron chi connectivity index (χ2n) is 10.9. The van der Waals surface area contributed by atoms with Gasteiger partial charge in [0.05, 0.1) is 18.1 Å². The molecule has 2 heterocycles. The molecule has 0 spiro atoms. The summed E-state index contributed by atoms with van der Waals surface area (Å²) in [4.78, 5) is 59.4. The van der Waals surface area contributed by atoms with Gasteiger partial charge in [0.15, 0.2) is 0 Å². The first-order chi connectivity index (χ1) is 20.6. The summed E-state index contributed by atoms with van der Waals surface area (Å²) in [5, 5.41) is 6.55. The molecule has 1 aliphatic carbocycles. The Hall–Kier alpha value is -3.96. The summed E-state index contributed by atoms with van der Waals surface area (Å²) in [7, 11) is 5.19. The van der Waals surface area contributed by atoms with Gasteiger partial charge in [-0.25, -0.2) is 4.98 Å². The number of fused-ring (bicyclic) bond motifs is 1. The summed E-state index contributed by atoms with van der Waals surface area (Å²) < 4.78 is 11.3. The van der Waals surface area contributed by atoms with Crippen LogP contribution in [0.4, 0.5) is 11.5 Å². The van der Waals surface area contributed by atoms with Crippen LogP contribution in [0, 0.1) is 11.8 Å². The van der Waals surface area contributed by atoms with Gasteiger partial charge >= 0.3 is 0 Å². The van der Waals surface area contributed by atoms with E-state index in [1.807, 2.05) is 6.92 Å². The van der Waals surface area contributed by atoms with E-state index in [0.29, 0.717) is 67.0 Å². The minimum absolute atomic E-state index is 0.0695. The zero-order chi connectivity index (χ0) is 31.1. The Bertz CT molecular complexity index is 1460. The average Bonchev–Trinajstić information content (AvgIpc) is 3.35. The van der Waals surface area contributed by atoms with E-state index in [-0.39, 0.29) is 53.2 Å². The van der Waals surface area contributed by atoms with Crippen LogP contribution in [-0.4, -0.2) is 79.3 Å². The van der Waals surface area contributed by atoms with Crippen molar-refractivity contribution < 1.29 is 28.3 Å². The van der Waals surface area contributed by atoms with Crippen molar-refractivity contribution in [3.63, 3.8) is 0 Å². The van der Waals surface area contributed by atoms with Crippen LogP contribution in [-0.2, 0) is 25.5 Å². The summed E-state index contributed by atoms with van der Waals surface area (Å²) in [5.41, 5.74) is 1.30. The van der Waals surface area contributed by atoms with Crippen LogP contribution in [0.15, 0.2) is 40.9 Å². The predicted molar refractivity (Wildman–Crippen MR) is 164 cm³/mol. The number of furan rings is 1. The Balaban J connectivity index is 1.58. The number of carbonyl (C=O) groups is 4. The average molecular weight is 612 g/mol. The van der Waals surface area contributed by atoms with Gasteiger partial charge in [0.2, 0.25) is 23.5 Å². The van der Waals surface area contributed by atoms with E-state index in [0.717, 1.165) is 0 Å². The Kier molecular flexibility index (Phi) is 10.8. The van der Waals surface area contributed by atoms with Crippen molar-refractivity contribution in [2.75, 3.05) is 51.5 Å². The molecule has 3 aromatic rings. The molecule has 4 rings (SSSR count). The number of carbonyl (C=O) groups excluding carboxylic acids is 4. The molecule has 11 nitrogen and oxygen atoms in total. The second kappa shape index (κ2) is 14.5. The van der Waals surface area contributed by atoms with Crippen LogP contribution in [0.25, 0.3) is 11.0 Å². The number of anilines is 2. The second-order valence-corrected chi connectivity index (χ2v) is 11.3. The van der Waals surface area contributed by atoms with E-state index in [4.69, 9.17) is 20.8 Å². The first-order valence-corrected chi connectivity index (χ1v) is 14.8. The van der Waals surface area contributed by atoms with Crippen LogP contribution in [0.3, 0.4) is 0 Å². The van der Waals surface area contributed by atoms with E-state index in [1.54, 1.807) is 61.3 Å². The van der Waals surface area contributed by atoms with Crippen molar-refractivity contribution in [1.29, 1.82) is 0 Å². The Morgan fingerprint density at radius 1 is 1.02 bits per heavy atom. The van der Waals surface area contributed by atoms with Gasteiger partial charge < -0.3 is 29.6 Å². The van der Waals surface area contributed by atoms with Crippen molar-refractivity contribution in [1.82, 2.24) is 14.8 Å². The number of hydrogen-bond donors (Lipinski definition) is 2. The zero-order valence-corrected chi connectivity index (χ0v) is 25.7. The molecule has 0 unspecified atom stereocenters. The third-order valence-electron chi connectivity index (χ3n) is 7.62. The van der Waals surface area contributed by atoms with Crippen molar-refractivity contribution in [2.24, 2.45) is 11.8 Å². The largest absolute Gasteiger partial charge is 0.449 e. The van der Waals surface area contributed by atoms with Crippen molar-refractivity contribution in [2.45, 2.75) is 39.0 Å². The Morgan fingerprint density at radius 3 is 2.40 bits per heavy atom. The molecule has 0 saturated heterocycles. The summed E-state index contributed by atoms with van der Waals surface area (Å²) in [6.07, 6.45) is 3.85. The summed E-state index contributed by atoms with van der Waals surface area (Å²) in [6, 6.07) is 8.35. The minimum atomic E-state index is -0.602. The molecule has 1 aliphatic rings. The van der Waals surface area contributed by atoms with Gasteiger partial charge in [-0.3, -0.25) is 19.2 Å². The number of rotatable bonds is 11. The summed E-state index contributed by atoms with van der Waals surface area (Å²) >= 11 is 5.92. The zero-order valence-electron chi connectivity index (χ0n) is 24.9. The number of aromatic nitrogens is 1.